The van der Waals surface area contributed by atoms with Gasteiger partial charge in [-0.3, -0.25) is 0 Å². The molecule has 2 N–H and O–H groups in total. The minimum absolute atomic E-state index is 0.153. The summed E-state index contributed by atoms with van der Waals surface area (Å²) in [6.07, 6.45) is 13.0. The monoisotopic (exact) mass is 428 g/mol. The molecule has 2 heteroatoms. The van der Waals surface area contributed by atoms with Crippen LogP contribution in [-0.2, 0) is 0 Å². The lowest BCUT2D eigenvalue weighted by Gasteiger charge is -2.68. The first-order valence-corrected chi connectivity index (χ1v) is 13.3. The summed E-state index contributed by atoms with van der Waals surface area (Å²) in [7, 11) is 0. The van der Waals surface area contributed by atoms with Crippen LogP contribution in [-0.4, -0.2) is 22.4 Å². The smallest absolute Gasteiger partial charge is 0.0852 e. The predicted molar refractivity (Wildman–Crippen MR) is 127 cm³/mol. The molecule has 9 atom stereocenters. The molecule has 5 rings (SSSR count). The van der Waals surface area contributed by atoms with E-state index in [0.717, 1.165) is 18.3 Å². The van der Waals surface area contributed by atoms with E-state index in [-0.39, 0.29) is 10.8 Å². The SMILES string of the molecule is CC1(C)C=C2[C@H]3CC[C@H]4[C@@H](CC[C@H]5C(C)(C)[C@@H](O)[C@H](O)C[C@]45C)[C@]3(C)CC[C@@]2(C)CC1. The molecule has 0 heterocycles. The molecule has 4 fully saturated rings. The van der Waals surface area contributed by atoms with Crippen LogP contribution in [0, 0.1) is 50.7 Å². The second-order valence-corrected chi connectivity index (χ2v) is 14.7. The van der Waals surface area contributed by atoms with Gasteiger partial charge in [0.15, 0.2) is 0 Å². The van der Waals surface area contributed by atoms with Crippen LogP contribution in [0.4, 0.5) is 0 Å². The molecule has 0 aromatic rings. The van der Waals surface area contributed by atoms with Gasteiger partial charge >= 0.3 is 0 Å². The molecule has 5 aliphatic rings. The Hall–Kier alpha value is -0.340. The molecule has 0 spiro atoms. The first-order valence-electron chi connectivity index (χ1n) is 13.3. The number of hydrogen-bond donors (Lipinski definition) is 2. The van der Waals surface area contributed by atoms with Gasteiger partial charge in [0.1, 0.15) is 0 Å². The lowest BCUT2D eigenvalue weighted by Crippen LogP contribution is -2.64. The van der Waals surface area contributed by atoms with Crippen LogP contribution in [0.2, 0.25) is 0 Å². The molecule has 5 aliphatic carbocycles. The van der Waals surface area contributed by atoms with Gasteiger partial charge in [-0.1, -0.05) is 60.1 Å². The quantitative estimate of drug-likeness (QED) is 0.419. The molecule has 0 amide bonds. The molecule has 0 aromatic heterocycles. The van der Waals surface area contributed by atoms with Crippen LogP contribution in [0.25, 0.3) is 0 Å². The van der Waals surface area contributed by atoms with E-state index in [0.29, 0.717) is 28.1 Å². The molecule has 4 saturated carbocycles. The fraction of sp³-hybridized carbons (Fsp3) is 0.931. The van der Waals surface area contributed by atoms with Crippen molar-refractivity contribution in [2.24, 2.45) is 50.7 Å². The number of rotatable bonds is 0. The minimum Gasteiger partial charge on any atom is -0.390 e. The highest BCUT2D eigenvalue weighted by molar-refractivity contribution is 5.30. The van der Waals surface area contributed by atoms with Crippen LogP contribution in [0.1, 0.15) is 106 Å². The number of allylic oxidation sites excluding steroid dienone is 2. The number of aliphatic hydroxyl groups excluding tert-OH is 2. The van der Waals surface area contributed by atoms with Gasteiger partial charge in [0.2, 0.25) is 0 Å². The zero-order chi connectivity index (χ0) is 22.6. The fourth-order valence-electron chi connectivity index (χ4n) is 10.2. The van der Waals surface area contributed by atoms with Crippen molar-refractivity contribution in [1.29, 1.82) is 0 Å². The largest absolute Gasteiger partial charge is 0.390 e. The zero-order valence-electron chi connectivity index (χ0n) is 21.3. The first-order chi connectivity index (χ1) is 14.2. The average Bonchev–Trinajstić information content (AvgIpc) is 2.67. The van der Waals surface area contributed by atoms with E-state index in [9.17, 15) is 10.2 Å². The van der Waals surface area contributed by atoms with Crippen molar-refractivity contribution in [2.75, 3.05) is 0 Å². The Bertz CT molecular complexity index is 780. The van der Waals surface area contributed by atoms with Crippen molar-refractivity contribution in [3.05, 3.63) is 11.6 Å². The fourth-order valence-corrected chi connectivity index (χ4v) is 10.2. The molecule has 0 aromatic carbocycles. The third-order valence-corrected chi connectivity index (χ3v) is 12.1. The lowest BCUT2D eigenvalue weighted by atomic mass is 9.37. The summed E-state index contributed by atoms with van der Waals surface area (Å²) < 4.78 is 0. The van der Waals surface area contributed by atoms with Gasteiger partial charge < -0.3 is 10.2 Å². The van der Waals surface area contributed by atoms with Crippen LogP contribution in [0.3, 0.4) is 0 Å². The van der Waals surface area contributed by atoms with Gasteiger partial charge in [0.25, 0.3) is 0 Å². The molecule has 0 bridgehead atoms. The van der Waals surface area contributed by atoms with Gasteiger partial charge in [0, 0.05) is 0 Å². The number of fused-ring (bicyclic) bond motifs is 7. The molecular formula is C29H48O2. The van der Waals surface area contributed by atoms with Crippen molar-refractivity contribution in [3.8, 4) is 0 Å². The second kappa shape index (κ2) is 6.62. The van der Waals surface area contributed by atoms with Crippen LogP contribution < -0.4 is 0 Å². The standard InChI is InChI=1S/C29H48O2/c1-25(2)12-13-27(5)14-15-28(6)18-10-11-23-26(3,4)24(31)22(30)17-29(23,7)19(18)8-9-20(28)21(27)16-25/h16,18-20,22-24,30-31H,8-15,17H2,1-7H3/t18-,19+,20-,22-,23+,24+,27-,28+,29-/m1/s1. The topological polar surface area (TPSA) is 40.5 Å². The Morgan fingerprint density at radius 1 is 0.742 bits per heavy atom. The van der Waals surface area contributed by atoms with Crippen molar-refractivity contribution in [2.45, 2.75) is 118 Å². The summed E-state index contributed by atoms with van der Waals surface area (Å²) in [6.45, 7) is 17.0. The Kier molecular flexibility index (Phi) is 4.80. The van der Waals surface area contributed by atoms with Gasteiger partial charge in [-0.25, -0.2) is 0 Å². The van der Waals surface area contributed by atoms with E-state index in [2.05, 4.69) is 54.5 Å². The van der Waals surface area contributed by atoms with E-state index in [1.807, 2.05) is 5.57 Å². The number of aliphatic hydroxyl groups is 2. The van der Waals surface area contributed by atoms with Crippen LogP contribution >= 0.6 is 0 Å². The van der Waals surface area contributed by atoms with E-state index in [4.69, 9.17) is 0 Å². The summed E-state index contributed by atoms with van der Waals surface area (Å²) in [6, 6.07) is 0. The third-order valence-electron chi connectivity index (χ3n) is 12.1. The van der Waals surface area contributed by atoms with E-state index in [1.54, 1.807) is 0 Å². The summed E-state index contributed by atoms with van der Waals surface area (Å²) in [5.74, 6) is 2.72. The Morgan fingerprint density at radius 2 is 1.35 bits per heavy atom. The van der Waals surface area contributed by atoms with Crippen LogP contribution in [0.5, 0.6) is 0 Å². The van der Waals surface area contributed by atoms with E-state index in [1.165, 1.54) is 51.4 Å². The maximum atomic E-state index is 10.9. The van der Waals surface area contributed by atoms with Crippen molar-refractivity contribution in [3.63, 3.8) is 0 Å². The zero-order valence-corrected chi connectivity index (χ0v) is 21.3. The van der Waals surface area contributed by atoms with Crippen molar-refractivity contribution in [1.82, 2.24) is 0 Å². The summed E-state index contributed by atoms with van der Waals surface area (Å²) in [5, 5.41) is 21.7. The molecule has 0 radical (unpaired) electrons. The third kappa shape index (κ3) is 2.95. The maximum absolute atomic E-state index is 10.9. The molecule has 0 saturated heterocycles. The molecule has 0 unspecified atom stereocenters. The molecular weight excluding hydrogens is 380 g/mol. The molecule has 2 nitrogen and oxygen atoms in total. The van der Waals surface area contributed by atoms with Crippen molar-refractivity contribution >= 4 is 0 Å². The van der Waals surface area contributed by atoms with Crippen LogP contribution in [0.15, 0.2) is 11.6 Å². The highest BCUT2D eigenvalue weighted by Crippen LogP contribution is 2.71. The Morgan fingerprint density at radius 3 is 2.06 bits per heavy atom. The maximum Gasteiger partial charge on any atom is 0.0852 e. The van der Waals surface area contributed by atoms with E-state index < -0.39 is 12.2 Å². The molecule has 0 aliphatic heterocycles. The minimum atomic E-state index is -0.584. The van der Waals surface area contributed by atoms with Gasteiger partial charge in [0.05, 0.1) is 12.2 Å². The van der Waals surface area contributed by atoms with Gasteiger partial charge in [-0.05, 0) is 109 Å². The predicted octanol–water partition coefficient (Wildman–Crippen LogP) is 6.75. The molecule has 176 valence electrons. The van der Waals surface area contributed by atoms with E-state index >= 15 is 0 Å². The lowest BCUT2D eigenvalue weighted by molar-refractivity contribution is -0.221. The summed E-state index contributed by atoms with van der Waals surface area (Å²) in [5.41, 5.74) is 2.96. The average molecular weight is 429 g/mol. The highest BCUT2D eigenvalue weighted by Gasteiger charge is 2.65. The Labute approximate surface area is 191 Å². The van der Waals surface area contributed by atoms with Gasteiger partial charge in [-0.15, -0.1) is 0 Å². The van der Waals surface area contributed by atoms with Gasteiger partial charge in [-0.2, -0.15) is 0 Å². The second-order valence-electron chi connectivity index (χ2n) is 14.7. The van der Waals surface area contributed by atoms with Crippen molar-refractivity contribution < 1.29 is 10.2 Å². The summed E-state index contributed by atoms with van der Waals surface area (Å²) >= 11 is 0. The summed E-state index contributed by atoms with van der Waals surface area (Å²) in [4.78, 5) is 0. The highest BCUT2D eigenvalue weighted by atomic mass is 16.3. The first kappa shape index (κ1) is 22.5. The normalized spacial score (nSPS) is 55.2. The molecule has 31 heavy (non-hydrogen) atoms. The number of hydrogen-bond acceptors (Lipinski definition) is 2. The Balaban J connectivity index is 1.52.